The molecule has 7 heteroatoms. The molecule has 2 heterocycles. The highest BCUT2D eigenvalue weighted by Crippen LogP contribution is 2.22. The Morgan fingerprint density at radius 1 is 0.960 bits per heavy atom. The Kier molecular flexibility index (Phi) is 5.42. The van der Waals surface area contributed by atoms with E-state index in [-0.39, 0.29) is 29.2 Å². The molecule has 0 aromatic heterocycles. The number of rotatable bonds is 4. The zero-order chi connectivity index (χ0) is 17.9. The van der Waals surface area contributed by atoms with Gasteiger partial charge in [0, 0.05) is 32.6 Å². The minimum atomic E-state index is -2.95. The van der Waals surface area contributed by atoms with E-state index in [1.54, 1.807) is 9.80 Å². The van der Waals surface area contributed by atoms with Gasteiger partial charge in [0.25, 0.3) is 0 Å². The van der Waals surface area contributed by atoms with Gasteiger partial charge in [0.1, 0.15) is 0 Å². The van der Waals surface area contributed by atoms with Gasteiger partial charge in [0.05, 0.1) is 17.9 Å². The monoisotopic (exact) mass is 364 g/mol. The number of carbonyl (C=O) groups excluding carboxylic acids is 2. The molecule has 0 radical (unpaired) electrons. The fourth-order valence-corrected chi connectivity index (χ4v) is 5.36. The Bertz CT molecular complexity index is 725. The molecule has 2 fully saturated rings. The summed E-state index contributed by atoms with van der Waals surface area (Å²) in [6.45, 7) is 2.14. The molecule has 0 saturated carbocycles. The van der Waals surface area contributed by atoms with E-state index in [9.17, 15) is 18.0 Å². The first-order valence-corrected chi connectivity index (χ1v) is 10.5. The molecule has 2 aliphatic heterocycles. The predicted octanol–water partition coefficient (Wildman–Crippen LogP) is 0.725. The summed E-state index contributed by atoms with van der Waals surface area (Å²) >= 11 is 0. The van der Waals surface area contributed by atoms with Crippen molar-refractivity contribution in [3.63, 3.8) is 0 Å². The van der Waals surface area contributed by atoms with Crippen LogP contribution in [0.4, 0.5) is 0 Å². The van der Waals surface area contributed by atoms with Gasteiger partial charge in [-0.25, -0.2) is 8.42 Å². The van der Waals surface area contributed by atoms with Crippen LogP contribution in [0.5, 0.6) is 0 Å². The molecule has 0 bridgehead atoms. The van der Waals surface area contributed by atoms with Gasteiger partial charge in [0.15, 0.2) is 9.84 Å². The number of amides is 2. The molecule has 1 aromatic rings. The summed E-state index contributed by atoms with van der Waals surface area (Å²) in [7, 11) is -2.95. The van der Waals surface area contributed by atoms with Crippen molar-refractivity contribution in [1.29, 1.82) is 0 Å². The Morgan fingerprint density at radius 3 is 2.12 bits per heavy atom. The highest BCUT2D eigenvalue weighted by molar-refractivity contribution is 7.91. The number of hydrogen-bond acceptors (Lipinski definition) is 4. The zero-order valence-corrected chi connectivity index (χ0v) is 15.1. The van der Waals surface area contributed by atoms with Crippen molar-refractivity contribution in [2.24, 2.45) is 5.92 Å². The van der Waals surface area contributed by atoms with E-state index in [0.717, 1.165) is 5.56 Å². The maximum absolute atomic E-state index is 12.4. The summed E-state index contributed by atoms with van der Waals surface area (Å²) < 4.78 is 23.0. The standard InChI is InChI=1S/C18H24N2O4S/c21-17(12-15-4-2-1-3-5-15)19-7-9-20(10-8-19)18(22)13-16-6-11-25(23,24)14-16/h1-5,16H,6-14H2. The molecule has 0 spiro atoms. The van der Waals surface area contributed by atoms with Crippen molar-refractivity contribution in [2.75, 3.05) is 37.7 Å². The van der Waals surface area contributed by atoms with Crippen molar-refractivity contribution in [2.45, 2.75) is 19.3 Å². The fourth-order valence-electron chi connectivity index (χ4n) is 3.50. The molecule has 2 saturated heterocycles. The van der Waals surface area contributed by atoms with Crippen molar-refractivity contribution in [3.8, 4) is 0 Å². The fraction of sp³-hybridized carbons (Fsp3) is 0.556. The van der Waals surface area contributed by atoms with Crippen molar-refractivity contribution in [1.82, 2.24) is 9.80 Å². The summed E-state index contributed by atoms with van der Waals surface area (Å²) in [5.41, 5.74) is 0.994. The number of sulfone groups is 1. The highest BCUT2D eigenvalue weighted by atomic mass is 32.2. The number of benzene rings is 1. The zero-order valence-electron chi connectivity index (χ0n) is 14.3. The lowest BCUT2D eigenvalue weighted by atomic mass is 10.0. The van der Waals surface area contributed by atoms with Crippen LogP contribution in [-0.2, 0) is 25.8 Å². The Balaban J connectivity index is 1.45. The summed E-state index contributed by atoms with van der Waals surface area (Å²) in [5.74, 6) is 0.383. The van der Waals surface area contributed by atoms with Crippen LogP contribution in [0.15, 0.2) is 30.3 Å². The Labute approximate surface area is 148 Å². The van der Waals surface area contributed by atoms with Crippen LogP contribution in [-0.4, -0.2) is 67.7 Å². The Hall–Kier alpha value is -1.89. The molecule has 25 heavy (non-hydrogen) atoms. The third kappa shape index (κ3) is 4.81. The van der Waals surface area contributed by atoms with E-state index in [4.69, 9.17) is 0 Å². The van der Waals surface area contributed by atoms with Crippen LogP contribution < -0.4 is 0 Å². The molecule has 2 aliphatic rings. The quantitative estimate of drug-likeness (QED) is 0.789. The number of nitrogens with zero attached hydrogens (tertiary/aromatic N) is 2. The van der Waals surface area contributed by atoms with E-state index < -0.39 is 9.84 Å². The van der Waals surface area contributed by atoms with E-state index in [0.29, 0.717) is 45.4 Å². The van der Waals surface area contributed by atoms with Crippen LogP contribution in [0.2, 0.25) is 0 Å². The molecule has 136 valence electrons. The number of hydrogen-bond donors (Lipinski definition) is 0. The van der Waals surface area contributed by atoms with Crippen LogP contribution in [0, 0.1) is 5.92 Å². The smallest absolute Gasteiger partial charge is 0.227 e. The molecule has 1 atom stereocenters. The van der Waals surface area contributed by atoms with Crippen molar-refractivity contribution in [3.05, 3.63) is 35.9 Å². The average molecular weight is 364 g/mol. The molecular formula is C18H24N2O4S. The van der Waals surface area contributed by atoms with E-state index >= 15 is 0 Å². The lowest BCUT2D eigenvalue weighted by Gasteiger charge is -2.35. The molecule has 0 N–H and O–H groups in total. The summed E-state index contributed by atoms with van der Waals surface area (Å²) in [5, 5.41) is 0. The van der Waals surface area contributed by atoms with Gasteiger partial charge in [0.2, 0.25) is 11.8 Å². The van der Waals surface area contributed by atoms with Gasteiger partial charge in [-0.3, -0.25) is 9.59 Å². The first-order valence-electron chi connectivity index (χ1n) is 8.73. The number of carbonyl (C=O) groups is 2. The molecule has 1 unspecified atom stereocenters. The largest absolute Gasteiger partial charge is 0.339 e. The second kappa shape index (κ2) is 7.56. The first kappa shape index (κ1) is 17.9. The lowest BCUT2D eigenvalue weighted by molar-refractivity contribution is -0.139. The molecule has 3 rings (SSSR count). The Morgan fingerprint density at radius 2 is 1.56 bits per heavy atom. The van der Waals surface area contributed by atoms with E-state index in [1.807, 2.05) is 30.3 Å². The van der Waals surface area contributed by atoms with Crippen LogP contribution >= 0.6 is 0 Å². The van der Waals surface area contributed by atoms with Crippen LogP contribution in [0.1, 0.15) is 18.4 Å². The molecule has 0 aliphatic carbocycles. The SMILES string of the molecule is O=C(Cc1ccccc1)N1CCN(C(=O)CC2CCS(=O)(=O)C2)CC1. The number of piperazine rings is 1. The molecular weight excluding hydrogens is 340 g/mol. The second-order valence-corrected chi connectivity index (χ2v) is 9.13. The maximum atomic E-state index is 12.4. The van der Waals surface area contributed by atoms with E-state index in [2.05, 4.69) is 0 Å². The highest BCUT2D eigenvalue weighted by Gasteiger charge is 2.31. The normalized spacial score (nSPS) is 22.8. The van der Waals surface area contributed by atoms with Gasteiger partial charge >= 0.3 is 0 Å². The maximum Gasteiger partial charge on any atom is 0.227 e. The van der Waals surface area contributed by atoms with Crippen LogP contribution in [0.3, 0.4) is 0 Å². The van der Waals surface area contributed by atoms with Crippen molar-refractivity contribution >= 4 is 21.7 Å². The van der Waals surface area contributed by atoms with Crippen molar-refractivity contribution < 1.29 is 18.0 Å². The molecule has 1 aromatic carbocycles. The van der Waals surface area contributed by atoms with Gasteiger partial charge in [-0.1, -0.05) is 30.3 Å². The van der Waals surface area contributed by atoms with Gasteiger partial charge in [-0.05, 0) is 17.9 Å². The first-order chi connectivity index (χ1) is 11.9. The molecule has 6 nitrogen and oxygen atoms in total. The minimum Gasteiger partial charge on any atom is -0.339 e. The summed E-state index contributed by atoms with van der Waals surface area (Å²) in [6.07, 6.45) is 1.27. The summed E-state index contributed by atoms with van der Waals surface area (Å²) in [6, 6.07) is 9.64. The minimum absolute atomic E-state index is 0.0114. The third-order valence-corrected chi connectivity index (χ3v) is 6.81. The van der Waals surface area contributed by atoms with Crippen LogP contribution in [0.25, 0.3) is 0 Å². The topological polar surface area (TPSA) is 74.8 Å². The van der Waals surface area contributed by atoms with Gasteiger partial charge in [-0.15, -0.1) is 0 Å². The van der Waals surface area contributed by atoms with Gasteiger partial charge < -0.3 is 9.80 Å². The summed E-state index contributed by atoms with van der Waals surface area (Å²) in [4.78, 5) is 28.3. The van der Waals surface area contributed by atoms with Gasteiger partial charge in [-0.2, -0.15) is 0 Å². The average Bonchev–Trinajstić information content (AvgIpc) is 2.94. The van der Waals surface area contributed by atoms with E-state index in [1.165, 1.54) is 0 Å². The lowest BCUT2D eigenvalue weighted by Crippen LogP contribution is -2.51. The molecule has 2 amide bonds. The second-order valence-electron chi connectivity index (χ2n) is 6.90. The third-order valence-electron chi connectivity index (χ3n) is 4.97. The predicted molar refractivity (Wildman–Crippen MR) is 94.7 cm³/mol.